The van der Waals surface area contributed by atoms with Crippen LogP contribution in [0.4, 0.5) is 5.69 Å². The number of nitrogens with one attached hydrogen (secondary N) is 1. The lowest BCUT2D eigenvalue weighted by Gasteiger charge is -2.10. The summed E-state index contributed by atoms with van der Waals surface area (Å²) in [4.78, 5) is 23.6. The highest BCUT2D eigenvalue weighted by atomic mass is 16.6. The van der Waals surface area contributed by atoms with Gasteiger partial charge in [0.25, 0.3) is 5.91 Å². The van der Waals surface area contributed by atoms with Crippen molar-refractivity contribution in [2.45, 2.75) is 19.8 Å². The molecule has 138 valence electrons. The maximum absolute atomic E-state index is 11.9. The summed E-state index contributed by atoms with van der Waals surface area (Å²) in [5, 5.41) is 2.68. The van der Waals surface area contributed by atoms with E-state index >= 15 is 0 Å². The fourth-order valence-electron chi connectivity index (χ4n) is 2.21. The van der Waals surface area contributed by atoms with E-state index in [9.17, 15) is 9.59 Å². The highest BCUT2D eigenvalue weighted by Gasteiger charge is 2.11. The van der Waals surface area contributed by atoms with E-state index in [0.29, 0.717) is 23.1 Å². The first-order valence-electron chi connectivity index (χ1n) is 8.31. The predicted molar refractivity (Wildman–Crippen MR) is 98.6 cm³/mol. The number of hydrogen-bond donors (Lipinski definition) is 1. The van der Waals surface area contributed by atoms with Crippen molar-refractivity contribution in [3.63, 3.8) is 0 Å². The van der Waals surface area contributed by atoms with Crippen molar-refractivity contribution in [1.82, 2.24) is 0 Å². The Morgan fingerprint density at radius 2 is 1.62 bits per heavy atom. The molecule has 6 heteroatoms. The van der Waals surface area contributed by atoms with Gasteiger partial charge in [0.15, 0.2) is 24.7 Å². The second-order valence-corrected chi connectivity index (χ2v) is 5.93. The van der Waals surface area contributed by atoms with Crippen molar-refractivity contribution in [2.24, 2.45) is 0 Å². The highest BCUT2D eigenvalue weighted by Crippen LogP contribution is 2.25. The summed E-state index contributed by atoms with van der Waals surface area (Å²) < 4.78 is 15.4. The maximum Gasteiger partial charge on any atom is 0.344 e. The summed E-state index contributed by atoms with van der Waals surface area (Å²) >= 11 is 0. The zero-order valence-electron chi connectivity index (χ0n) is 15.2. The summed E-state index contributed by atoms with van der Waals surface area (Å²) in [5.74, 6) is 0.322. The van der Waals surface area contributed by atoms with Crippen LogP contribution in [0.5, 0.6) is 11.5 Å². The molecule has 2 aromatic carbocycles. The van der Waals surface area contributed by atoms with Gasteiger partial charge in [-0.2, -0.15) is 0 Å². The lowest BCUT2D eigenvalue weighted by Crippen LogP contribution is -2.23. The van der Waals surface area contributed by atoms with Crippen molar-refractivity contribution < 1.29 is 23.8 Å². The lowest BCUT2D eigenvalue weighted by atomic mass is 10.0. The minimum atomic E-state index is -0.638. The Labute approximate surface area is 153 Å². The van der Waals surface area contributed by atoms with Crippen molar-refractivity contribution in [3.8, 4) is 11.5 Å². The quantitative estimate of drug-likeness (QED) is 0.733. The number of amides is 1. The van der Waals surface area contributed by atoms with Crippen LogP contribution in [0.2, 0.25) is 0 Å². The molecular formula is C20H23NO5. The molecule has 2 rings (SSSR count). The molecule has 0 bridgehead atoms. The number of para-hydroxylation sites is 2. The fraction of sp³-hybridized carbons (Fsp3) is 0.300. The molecule has 0 aliphatic rings. The molecular weight excluding hydrogens is 334 g/mol. The molecule has 1 N–H and O–H groups in total. The van der Waals surface area contributed by atoms with E-state index in [1.54, 1.807) is 24.3 Å². The van der Waals surface area contributed by atoms with E-state index < -0.39 is 11.9 Å². The Morgan fingerprint density at radius 3 is 2.23 bits per heavy atom. The number of carbonyl (C=O) groups is 2. The molecule has 0 saturated heterocycles. The number of rotatable bonds is 8. The average molecular weight is 357 g/mol. The molecule has 0 aliphatic carbocycles. The van der Waals surface area contributed by atoms with Gasteiger partial charge in [-0.05, 0) is 35.7 Å². The van der Waals surface area contributed by atoms with Crippen LogP contribution in [-0.4, -0.2) is 32.2 Å². The number of carbonyl (C=O) groups excluding carboxylic acids is 2. The van der Waals surface area contributed by atoms with Gasteiger partial charge in [0.2, 0.25) is 0 Å². The van der Waals surface area contributed by atoms with E-state index in [4.69, 9.17) is 14.2 Å². The number of methoxy groups -OCH3 is 1. The molecule has 0 aliphatic heterocycles. The van der Waals surface area contributed by atoms with Crippen LogP contribution >= 0.6 is 0 Å². The topological polar surface area (TPSA) is 73.9 Å². The number of hydrogen-bond acceptors (Lipinski definition) is 5. The molecule has 0 heterocycles. The van der Waals surface area contributed by atoms with Crippen LogP contribution < -0.4 is 14.8 Å². The molecule has 0 unspecified atom stereocenters. The van der Waals surface area contributed by atoms with Gasteiger partial charge in [-0.1, -0.05) is 38.1 Å². The van der Waals surface area contributed by atoms with Crippen LogP contribution in [0.1, 0.15) is 25.3 Å². The number of ether oxygens (including phenoxy) is 3. The normalized spacial score (nSPS) is 10.3. The van der Waals surface area contributed by atoms with Gasteiger partial charge in [-0.3, -0.25) is 4.79 Å². The maximum atomic E-state index is 11.9. The van der Waals surface area contributed by atoms with Crippen LogP contribution in [0.15, 0.2) is 48.5 Å². The number of anilines is 1. The van der Waals surface area contributed by atoms with Gasteiger partial charge >= 0.3 is 5.97 Å². The molecule has 1 amide bonds. The monoisotopic (exact) mass is 357 g/mol. The van der Waals surface area contributed by atoms with Crippen molar-refractivity contribution in [3.05, 3.63) is 54.1 Å². The zero-order chi connectivity index (χ0) is 18.9. The van der Waals surface area contributed by atoms with E-state index in [2.05, 4.69) is 19.2 Å². The molecule has 0 fully saturated rings. The minimum absolute atomic E-state index is 0.309. The van der Waals surface area contributed by atoms with Gasteiger partial charge in [0.05, 0.1) is 7.11 Å². The van der Waals surface area contributed by atoms with Gasteiger partial charge in [0.1, 0.15) is 0 Å². The third-order valence-corrected chi connectivity index (χ3v) is 3.64. The minimum Gasteiger partial charge on any atom is -0.493 e. The standard InChI is InChI=1S/C20H23NO5/c1-14(2)15-8-10-16(11-9-15)21-19(22)12-26-20(23)13-25-18-7-5-4-6-17(18)24-3/h4-11,14H,12-13H2,1-3H3,(H,21,22). The summed E-state index contributed by atoms with van der Waals surface area (Å²) in [6, 6.07) is 14.5. The summed E-state index contributed by atoms with van der Waals surface area (Å²) in [5.41, 5.74) is 1.84. The Bertz CT molecular complexity index is 740. The Balaban J connectivity index is 1.75. The van der Waals surface area contributed by atoms with Gasteiger partial charge in [0, 0.05) is 5.69 Å². The molecule has 0 saturated carbocycles. The molecule has 2 aromatic rings. The van der Waals surface area contributed by atoms with Gasteiger partial charge < -0.3 is 19.5 Å². The van der Waals surface area contributed by atoms with Gasteiger partial charge in [-0.15, -0.1) is 0 Å². The molecule has 26 heavy (non-hydrogen) atoms. The first kappa shape index (κ1) is 19.3. The number of esters is 1. The molecule has 0 radical (unpaired) electrons. The zero-order valence-corrected chi connectivity index (χ0v) is 15.2. The largest absolute Gasteiger partial charge is 0.493 e. The SMILES string of the molecule is COc1ccccc1OCC(=O)OCC(=O)Nc1ccc(C(C)C)cc1. The molecule has 0 atom stereocenters. The van der Waals surface area contributed by atoms with Gasteiger partial charge in [-0.25, -0.2) is 4.79 Å². The first-order valence-corrected chi connectivity index (χ1v) is 8.31. The Morgan fingerprint density at radius 1 is 0.962 bits per heavy atom. The smallest absolute Gasteiger partial charge is 0.344 e. The fourth-order valence-corrected chi connectivity index (χ4v) is 2.21. The van der Waals surface area contributed by atoms with E-state index in [0.717, 1.165) is 0 Å². The first-order chi connectivity index (χ1) is 12.5. The molecule has 6 nitrogen and oxygen atoms in total. The number of benzene rings is 2. The van der Waals surface area contributed by atoms with Crippen LogP contribution in [0.3, 0.4) is 0 Å². The van der Waals surface area contributed by atoms with Crippen LogP contribution in [0, 0.1) is 0 Å². The third-order valence-electron chi connectivity index (χ3n) is 3.64. The molecule has 0 spiro atoms. The lowest BCUT2D eigenvalue weighted by molar-refractivity contribution is -0.149. The van der Waals surface area contributed by atoms with Crippen molar-refractivity contribution in [1.29, 1.82) is 0 Å². The highest BCUT2D eigenvalue weighted by molar-refractivity contribution is 5.92. The van der Waals surface area contributed by atoms with Crippen LogP contribution in [-0.2, 0) is 14.3 Å². The summed E-state index contributed by atoms with van der Waals surface area (Å²) in [7, 11) is 1.51. The van der Waals surface area contributed by atoms with E-state index in [-0.39, 0.29) is 13.2 Å². The van der Waals surface area contributed by atoms with E-state index in [1.165, 1.54) is 12.7 Å². The third kappa shape index (κ3) is 5.81. The van der Waals surface area contributed by atoms with Crippen LogP contribution in [0.25, 0.3) is 0 Å². The average Bonchev–Trinajstić information content (AvgIpc) is 2.65. The Kier molecular flexibility index (Phi) is 7.02. The Hall–Kier alpha value is -3.02. The molecule has 0 aromatic heterocycles. The second kappa shape index (κ2) is 9.46. The summed E-state index contributed by atoms with van der Waals surface area (Å²) in [6.45, 7) is 3.51. The summed E-state index contributed by atoms with van der Waals surface area (Å²) in [6.07, 6.45) is 0. The van der Waals surface area contributed by atoms with E-state index in [1.807, 2.05) is 24.3 Å². The van der Waals surface area contributed by atoms with Crippen molar-refractivity contribution >= 4 is 17.6 Å². The second-order valence-electron chi connectivity index (χ2n) is 5.93. The van der Waals surface area contributed by atoms with Crippen molar-refractivity contribution in [2.75, 3.05) is 25.6 Å². The predicted octanol–water partition coefficient (Wildman–Crippen LogP) is 3.38.